The molecule has 1 fully saturated rings. The summed E-state index contributed by atoms with van der Waals surface area (Å²) in [6.45, 7) is 2.01. The van der Waals surface area contributed by atoms with Crippen LogP contribution >= 0.6 is 0 Å². The van der Waals surface area contributed by atoms with Crippen molar-refractivity contribution in [3.63, 3.8) is 0 Å². The summed E-state index contributed by atoms with van der Waals surface area (Å²) in [5.74, 6) is -0.856. The van der Waals surface area contributed by atoms with Gasteiger partial charge in [-0.15, -0.1) is 0 Å². The molecule has 0 aliphatic heterocycles. The third-order valence-electron chi connectivity index (χ3n) is 3.67. The smallest absolute Gasteiger partial charge is 0.324 e. The zero-order valence-electron chi connectivity index (χ0n) is 11.6. The molecule has 9 heteroatoms. The molecule has 0 radical (unpaired) electrons. The van der Waals surface area contributed by atoms with Crippen molar-refractivity contribution >= 4 is 25.8 Å². The van der Waals surface area contributed by atoms with Crippen molar-refractivity contribution in [1.29, 1.82) is 0 Å². The Labute approximate surface area is 119 Å². The number of carboxylic acids is 1. The molecule has 2 N–H and O–H groups in total. The molecule has 1 aliphatic rings. The first kappa shape index (κ1) is 17.4. The van der Waals surface area contributed by atoms with Gasteiger partial charge in [0.2, 0.25) is 10.0 Å². The highest BCUT2D eigenvalue weighted by Gasteiger charge is 2.45. The van der Waals surface area contributed by atoms with Crippen molar-refractivity contribution in [3.05, 3.63) is 0 Å². The standard InChI is InChI=1S/C11H21NO6S2/c1-3-9-4-6-11(7-5-9,10(13)14)12-20(17,18)8-19(2,15)16/h9,12H,3-8H2,1-2H3,(H,13,14). The molecular formula is C11H21NO6S2. The molecule has 20 heavy (non-hydrogen) atoms. The van der Waals surface area contributed by atoms with E-state index in [1.54, 1.807) is 0 Å². The van der Waals surface area contributed by atoms with Crippen molar-refractivity contribution in [1.82, 2.24) is 4.72 Å². The molecule has 118 valence electrons. The van der Waals surface area contributed by atoms with E-state index in [9.17, 15) is 26.7 Å². The molecule has 0 aromatic rings. The molecule has 0 aromatic heterocycles. The number of hydrogen-bond donors (Lipinski definition) is 2. The van der Waals surface area contributed by atoms with Crippen LogP contribution in [0.25, 0.3) is 0 Å². The molecule has 1 aliphatic carbocycles. The van der Waals surface area contributed by atoms with Crippen LogP contribution in [-0.2, 0) is 24.7 Å². The summed E-state index contributed by atoms with van der Waals surface area (Å²) >= 11 is 0. The Balaban J connectivity index is 2.92. The highest BCUT2D eigenvalue weighted by molar-refractivity contribution is 8.06. The zero-order valence-corrected chi connectivity index (χ0v) is 13.3. The highest BCUT2D eigenvalue weighted by atomic mass is 32.3. The second-order valence-corrected chi connectivity index (χ2v) is 9.73. The largest absolute Gasteiger partial charge is 0.480 e. The minimum atomic E-state index is -4.19. The Morgan fingerprint density at radius 1 is 1.25 bits per heavy atom. The molecule has 1 saturated carbocycles. The van der Waals surface area contributed by atoms with Crippen LogP contribution < -0.4 is 4.72 Å². The fourth-order valence-corrected chi connectivity index (χ4v) is 5.92. The average Bonchev–Trinajstić information content (AvgIpc) is 2.25. The predicted octanol–water partition coefficient (Wildman–Crippen LogP) is 0.332. The Morgan fingerprint density at radius 2 is 1.75 bits per heavy atom. The first-order valence-corrected chi connectivity index (χ1v) is 10.1. The van der Waals surface area contributed by atoms with Crippen molar-refractivity contribution in [3.8, 4) is 0 Å². The molecule has 0 spiro atoms. The van der Waals surface area contributed by atoms with Crippen molar-refractivity contribution in [2.45, 2.75) is 44.6 Å². The van der Waals surface area contributed by atoms with Gasteiger partial charge in [0.1, 0.15) is 5.54 Å². The molecular weight excluding hydrogens is 306 g/mol. The molecule has 0 heterocycles. The molecule has 1 rings (SSSR count). The van der Waals surface area contributed by atoms with Gasteiger partial charge in [0.05, 0.1) is 0 Å². The maximum Gasteiger partial charge on any atom is 0.324 e. The van der Waals surface area contributed by atoms with E-state index < -0.39 is 36.5 Å². The van der Waals surface area contributed by atoms with Gasteiger partial charge in [-0.25, -0.2) is 16.8 Å². The van der Waals surface area contributed by atoms with Gasteiger partial charge in [0, 0.05) is 6.26 Å². The maximum atomic E-state index is 11.8. The first-order chi connectivity index (χ1) is 9.00. The second-order valence-electron chi connectivity index (χ2n) is 5.50. The maximum absolute atomic E-state index is 11.8. The summed E-state index contributed by atoms with van der Waals surface area (Å²) in [7, 11) is -7.93. The normalized spacial score (nSPS) is 28.2. The van der Waals surface area contributed by atoms with Crippen LogP contribution in [0.1, 0.15) is 39.0 Å². The van der Waals surface area contributed by atoms with Crippen LogP contribution in [0.3, 0.4) is 0 Å². The van der Waals surface area contributed by atoms with Crippen LogP contribution in [-0.4, -0.2) is 44.8 Å². The SMILES string of the molecule is CCC1CCC(NS(=O)(=O)CS(C)(=O)=O)(C(=O)O)CC1. The minimum Gasteiger partial charge on any atom is -0.480 e. The van der Waals surface area contributed by atoms with Crippen molar-refractivity contribution < 1.29 is 26.7 Å². The lowest BCUT2D eigenvalue weighted by Gasteiger charge is -2.36. The number of sulfone groups is 1. The first-order valence-electron chi connectivity index (χ1n) is 6.42. The summed E-state index contributed by atoms with van der Waals surface area (Å²) in [5.41, 5.74) is -1.57. The summed E-state index contributed by atoms with van der Waals surface area (Å²) in [6, 6.07) is 0. The van der Waals surface area contributed by atoms with Crippen LogP contribution in [0.4, 0.5) is 0 Å². The topological polar surface area (TPSA) is 118 Å². The number of carboxylic acid groups (broad SMARTS) is 1. The van der Waals surface area contributed by atoms with Gasteiger partial charge >= 0.3 is 5.97 Å². The summed E-state index contributed by atoms with van der Waals surface area (Å²) in [5, 5.41) is 8.24. The number of carbonyl (C=O) groups is 1. The monoisotopic (exact) mass is 327 g/mol. The molecule has 0 unspecified atom stereocenters. The van der Waals surface area contributed by atoms with E-state index >= 15 is 0 Å². The van der Waals surface area contributed by atoms with E-state index in [1.807, 2.05) is 6.92 Å². The van der Waals surface area contributed by atoms with E-state index in [0.29, 0.717) is 18.8 Å². The molecule has 0 saturated heterocycles. The van der Waals surface area contributed by atoms with Gasteiger partial charge in [0.25, 0.3) is 0 Å². The van der Waals surface area contributed by atoms with Gasteiger partial charge < -0.3 is 5.11 Å². The van der Waals surface area contributed by atoms with Crippen molar-refractivity contribution in [2.75, 3.05) is 11.3 Å². The molecule has 0 bridgehead atoms. The van der Waals surface area contributed by atoms with E-state index in [-0.39, 0.29) is 12.8 Å². The number of hydrogen-bond acceptors (Lipinski definition) is 5. The van der Waals surface area contributed by atoms with E-state index in [1.165, 1.54) is 0 Å². The second kappa shape index (κ2) is 5.98. The van der Waals surface area contributed by atoms with Gasteiger partial charge in [-0.05, 0) is 31.6 Å². The summed E-state index contributed by atoms with van der Waals surface area (Å²) in [4.78, 5) is 11.4. The lowest BCUT2D eigenvalue weighted by molar-refractivity contribution is -0.145. The fraction of sp³-hybridized carbons (Fsp3) is 0.909. The van der Waals surface area contributed by atoms with Crippen LogP contribution in [0.15, 0.2) is 0 Å². The van der Waals surface area contributed by atoms with Gasteiger partial charge in [-0.3, -0.25) is 4.79 Å². The van der Waals surface area contributed by atoms with E-state index in [0.717, 1.165) is 12.7 Å². The van der Waals surface area contributed by atoms with Gasteiger partial charge in [-0.2, -0.15) is 4.72 Å². The van der Waals surface area contributed by atoms with E-state index in [4.69, 9.17) is 0 Å². The zero-order chi connectivity index (χ0) is 15.6. The Kier molecular flexibility index (Phi) is 5.20. The third-order valence-corrected chi connectivity index (χ3v) is 7.32. The Bertz CT molecular complexity index is 558. The lowest BCUT2D eigenvalue weighted by Crippen LogP contribution is -2.57. The van der Waals surface area contributed by atoms with Crippen LogP contribution in [0, 0.1) is 5.92 Å². The average molecular weight is 327 g/mol. The molecule has 0 aromatic carbocycles. The number of sulfonamides is 1. The Hall–Kier alpha value is -0.670. The van der Waals surface area contributed by atoms with Gasteiger partial charge in [0.15, 0.2) is 14.9 Å². The molecule has 0 atom stereocenters. The van der Waals surface area contributed by atoms with Crippen molar-refractivity contribution in [2.24, 2.45) is 5.92 Å². The molecule has 0 amide bonds. The predicted molar refractivity (Wildman–Crippen MR) is 74.4 cm³/mol. The quantitative estimate of drug-likeness (QED) is 0.726. The molecule has 7 nitrogen and oxygen atoms in total. The number of nitrogens with one attached hydrogen (secondary N) is 1. The summed E-state index contributed by atoms with van der Waals surface area (Å²) in [6.07, 6.45) is 3.32. The van der Waals surface area contributed by atoms with Crippen LogP contribution in [0.2, 0.25) is 0 Å². The minimum absolute atomic E-state index is 0.184. The van der Waals surface area contributed by atoms with Gasteiger partial charge in [-0.1, -0.05) is 13.3 Å². The third kappa shape index (κ3) is 4.71. The number of aliphatic carboxylic acids is 1. The van der Waals surface area contributed by atoms with E-state index in [2.05, 4.69) is 4.72 Å². The summed E-state index contributed by atoms with van der Waals surface area (Å²) < 4.78 is 47.9. The fourth-order valence-electron chi connectivity index (χ4n) is 2.55. The highest BCUT2D eigenvalue weighted by Crippen LogP contribution is 2.34. The lowest BCUT2D eigenvalue weighted by atomic mass is 9.76. The Morgan fingerprint density at radius 3 is 2.10 bits per heavy atom. The number of rotatable bonds is 6. The van der Waals surface area contributed by atoms with Crippen LogP contribution in [0.5, 0.6) is 0 Å².